The number of carbonyl (C=O) groups excluding carboxylic acids is 1. The topological polar surface area (TPSA) is 81.5 Å². The largest absolute Gasteiger partial charge is 0.497 e. The number of hydrogen-bond acceptors (Lipinski definition) is 6. The van der Waals surface area contributed by atoms with E-state index in [-0.39, 0.29) is 11.8 Å². The summed E-state index contributed by atoms with van der Waals surface area (Å²) in [6, 6.07) is 5.97. The Kier molecular flexibility index (Phi) is 6.52. The smallest absolute Gasteiger partial charge is 0.223 e. The molecule has 1 aromatic carbocycles. The van der Waals surface area contributed by atoms with E-state index in [2.05, 4.69) is 31.0 Å². The molecule has 2 aromatic rings. The number of methoxy groups -OCH3 is 2. The normalized spacial score (nSPS) is 17.0. The van der Waals surface area contributed by atoms with Crippen LogP contribution in [-0.2, 0) is 30.7 Å². The van der Waals surface area contributed by atoms with Crippen molar-refractivity contribution in [1.29, 1.82) is 0 Å². The van der Waals surface area contributed by atoms with Crippen molar-refractivity contribution in [2.45, 2.75) is 45.2 Å². The molecule has 2 heterocycles. The van der Waals surface area contributed by atoms with Gasteiger partial charge in [0.1, 0.15) is 23.1 Å². The predicted molar refractivity (Wildman–Crippen MR) is 113 cm³/mol. The van der Waals surface area contributed by atoms with Crippen molar-refractivity contribution in [3.05, 3.63) is 35.4 Å². The van der Waals surface area contributed by atoms with Crippen molar-refractivity contribution in [2.75, 3.05) is 33.9 Å². The van der Waals surface area contributed by atoms with Crippen LogP contribution in [0.15, 0.2) is 18.2 Å². The number of nitrogens with one attached hydrogen (secondary N) is 1. The summed E-state index contributed by atoms with van der Waals surface area (Å²) in [6.07, 6.45) is 4.81. The average Bonchev–Trinajstić information content (AvgIpc) is 2.99. The Labute approximate surface area is 177 Å². The first-order valence-corrected chi connectivity index (χ1v) is 10.8. The van der Waals surface area contributed by atoms with Crippen molar-refractivity contribution in [3.8, 4) is 11.5 Å². The van der Waals surface area contributed by atoms with Crippen LogP contribution in [0.2, 0.25) is 0 Å². The van der Waals surface area contributed by atoms with E-state index in [1.807, 2.05) is 12.1 Å². The molecule has 0 radical (unpaired) electrons. The average molecular weight is 414 g/mol. The van der Waals surface area contributed by atoms with Gasteiger partial charge in [-0.2, -0.15) is 0 Å². The maximum atomic E-state index is 12.0. The van der Waals surface area contributed by atoms with E-state index in [1.165, 1.54) is 6.42 Å². The fourth-order valence-corrected chi connectivity index (χ4v) is 4.11. The molecule has 1 N–H and O–H groups in total. The lowest BCUT2D eigenvalue weighted by molar-refractivity contribution is -0.127. The highest BCUT2D eigenvalue weighted by atomic mass is 16.5. The summed E-state index contributed by atoms with van der Waals surface area (Å²) in [6.45, 7) is 4.14. The summed E-state index contributed by atoms with van der Waals surface area (Å²) >= 11 is 0. The van der Waals surface area contributed by atoms with Crippen LogP contribution < -0.4 is 14.8 Å². The number of hydrogen-bond donors (Lipinski definition) is 1. The van der Waals surface area contributed by atoms with Crippen LogP contribution in [0.4, 0.5) is 0 Å². The van der Waals surface area contributed by atoms with Gasteiger partial charge in [0.25, 0.3) is 0 Å². The second kappa shape index (κ2) is 9.47. The van der Waals surface area contributed by atoms with Gasteiger partial charge in [0.15, 0.2) is 0 Å². The lowest BCUT2D eigenvalue weighted by Crippen LogP contribution is -2.35. The van der Waals surface area contributed by atoms with Crippen LogP contribution in [0, 0.1) is 5.92 Å². The van der Waals surface area contributed by atoms with Gasteiger partial charge in [0, 0.05) is 63.1 Å². The van der Waals surface area contributed by atoms with E-state index in [4.69, 9.17) is 9.47 Å². The number of rotatable bonds is 8. The third kappa shape index (κ3) is 4.59. The zero-order valence-electron chi connectivity index (χ0n) is 17.9. The molecule has 0 saturated heterocycles. The molecule has 1 saturated carbocycles. The van der Waals surface area contributed by atoms with E-state index in [1.54, 1.807) is 14.2 Å². The minimum absolute atomic E-state index is 0.191. The van der Waals surface area contributed by atoms with E-state index >= 15 is 0 Å². The Morgan fingerprint density at radius 2 is 2.03 bits per heavy atom. The Morgan fingerprint density at radius 1 is 1.17 bits per heavy atom. The minimum Gasteiger partial charge on any atom is -0.497 e. The number of amides is 1. The molecule has 1 aromatic heterocycles. The van der Waals surface area contributed by atoms with Crippen molar-refractivity contribution in [3.63, 3.8) is 0 Å². The van der Waals surface area contributed by atoms with Crippen molar-refractivity contribution < 1.29 is 14.3 Å². The molecular formula is C22H31N5O3. The third-order valence-electron chi connectivity index (χ3n) is 6.21. The SMILES string of the molecule is COc1ccc(CN2CCc3nnc(CCNC(=O)C4CCC4)n3CC2)c(OC)c1. The number of benzene rings is 1. The molecule has 1 aliphatic heterocycles. The summed E-state index contributed by atoms with van der Waals surface area (Å²) in [7, 11) is 3.35. The van der Waals surface area contributed by atoms with Gasteiger partial charge in [0.05, 0.1) is 14.2 Å². The second-order valence-corrected chi connectivity index (χ2v) is 8.06. The summed E-state index contributed by atoms with van der Waals surface area (Å²) in [4.78, 5) is 14.4. The summed E-state index contributed by atoms with van der Waals surface area (Å²) in [5.74, 6) is 4.05. The van der Waals surface area contributed by atoms with Gasteiger partial charge in [-0.05, 0) is 18.9 Å². The lowest BCUT2D eigenvalue weighted by Gasteiger charge is -2.24. The predicted octanol–water partition coefficient (Wildman–Crippen LogP) is 1.81. The second-order valence-electron chi connectivity index (χ2n) is 8.06. The molecule has 2 aliphatic rings. The number of aromatic nitrogens is 3. The van der Waals surface area contributed by atoms with Crippen LogP contribution in [0.1, 0.15) is 36.5 Å². The Morgan fingerprint density at radius 3 is 2.77 bits per heavy atom. The quantitative estimate of drug-likeness (QED) is 0.711. The molecule has 4 rings (SSSR count). The molecule has 0 bridgehead atoms. The zero-order chi connectivity index (χ0) is 20.9. The molecule has 30 heavy (non-hydrogen) atoms. The Bertz CT molecular complexity index is 878. The van der Waals surface area contributed by atoms with E-state index in [9.17, 15) is 4.79 Å². The summed E-state index contributed by atoms with van der Waals surface area (Å²) < 4.78 is 13.1. The van der Waals surface area contributed by atoms with Gasteiger partial charge in [0.2, 0.25) is 5.91 Å². The molecule has 1 amide bonds. The highest BCUT2D eigenvalue weighted by molar-refractivity contribution is 5.79. The Balaban J connectivity index is 1.33. The Hall–Kier alpha value is -2.61. The van der Waals surface area contributed by atoms with Crippen LogP contribution >= 0.6 is 0 Å². The molecular weight excluding hydrogens is 382 g/mol. The highest BCUT2D eigenvalue weighted by Gasteiger charge is 2.25. The van der Waals surface area contributed by atoms with Gasteiger partial charge >= 0.3 is 0 Å². The maximum Gasteiger partial charge on any atom is 0.223 e. The first-order valence-electron chi connectivity index (χ1n) is 10.8. The van der Waals surface area contributed by atoms with Crippen LogP contribution in [0.5, 0.6) is 11.5 Å². The van der Waals surface area contributed by atoms with Crippen LogP contribution in [-0.4, -0.2) is 59.4 Å². The van der Waals surface area contributed by atoms with Gasteiger partial charge in [-0.15, -0.1) is 10.2 Å². The van der Waals surface area contributed by atoms with E-state index in [0.29, 0.717) is 6.54 Å². The molecule has 1 fully saturated rings. The first kappa shape index (κ1) is 20.7. The molecule has 1 aliphatic carbocycles. The lowest BCUT2D eigenvalue weighted by atomic mass is 9.85. The van der Waals surface area contributed by atoms with Crippen LogP contribution in [0.25, 0.3) is 0 Å². The van der Waals surface area contributed by atoms with Gasteiger partial charge in [-0.25, -0.2) is 0 Å². The van der Waals surface area contributed by atoms with Crippen molar-refractivity contribution >= 4 is 5.91 Å². The highest BCUT2D eigenvalue weighted by Crippen LogP contribution is 2.27. The molecule has 162 valence electrons. The summed E-state index contributed by atoms with van der Waals surface area (Å²) in [5, 5.41) is 11.8. The van der Waals surface area contributed by atoms with Gasteiger partial charge in [-0.1, -0.05) is 12.5 Å². The van der Waals surface area contributed by atoms with E-state index in [0.717, 1.165) is 80.6 Å². The molecule has 0 atom stereocenters. The molecule has 8 nitrogen and oxygen atoms in total. The minimum atomic E-state index is 0.191. The fraction of sp³-hybridized carbons (Fsp3) is 0.591. The van der Waals surface area contributed by atoms with Crippen molar-refractivity contribution in [1.82, 2.24) is 25.0 Å². The van der Waals surface area contributed by atoms with Gasteiger partial charge in [-0.3, -0.25) is 9.69 Å². The number of ether oxygens (including phenoxy) is 2. The zero-order valence-corrected chi connectivity index (χ0v) is 17.9. The van der Waals surface area contributed by atoms with Crippen molar-refractivity contribution in [2.24, 2.45) is 5.92 Å². The molecule has 0 unspecified atom stereocenters. The molecule has 8 heteroatoms. The monoisotopic (exact) mass is 413 g/mol. The van der Waals surface area contributed by atoms with Gasteiger partial charge < -0.3 is 19.4 Å². The fourth-order valence-electron chi connectivity index (χ4n) is 4.11. The first-order chi connectivity index (χ1) is 14.7. The third-order valence-corrected chi connectivity index (χ3v) is 6.21. The standard InChI is InChI=1S/C22H31N5O3/c1-29-18-7-6-17(19(14-18)30-2)15-26-11-9-21-25-24-20(27(21)13-12-26)8-10-23-22(28)16-4-3-5-16/h6-7,14,16H,3-5,8-13,15H2,1-2H3,(H,23,28). The maximum absolute atomic E-state index is 12.0. The number of fused-ring (bicyclic) bond motifs is 1. The van der Waals surface area contributed by atoms with E-state index < -0.39 is 0 Å². The number of carbonyl (C=O) groups is 1. The van der Waals surface area contributed by atoms with Crippen LogP contribution in [0.3, 0.4) is 0 Å². The number of nitrogens with zero attached hydrogens (tertiary/aromatic N) is 4. The summed E-state index contributed by atoms with van der Waals surface area (Å²) in [5.41, 5.74) is 1.15. The molecule has 0 spiro atoms.